The molecule has 0 aliphatic heterocycles. The predicted molar refractivity (Wildman–Crippen MR) is 79.3 cm³/mol. The Morgan fingerprint density at radius 2 is 1.89 bits per heavy atom. The molecule has 0 fully saturated rings. The molecule has 3 aromatic rings. The molecule has 5 heteroatoms. The average Bonchev–Trinajstić information content (AvgIpc) is 2.83. The standard InChI is InChI=1S/C14H13BrN4/c15-11-6-7-13-17-18-14(19(13)10-11)8-9-16-12-4-2-1-3-5-12/h1-7,10,16H,8-9H2. The molecule has 0 radical (unpaired) electrons. The van der Waals surface area contributed by atoms with Gasteiger partial charge in [-0.3, -0.25) is 4.40 Å². The van der Waals surface area contributed by atoms with Gasteiger partial charge in [-0.2, -0.15) is 0 Å². The van der Waals surface area contributed by atoms with Crippen LogP contribution < -0.4 is 5.32 Å². The van der Waals surface area contributed by atoms with E-state index in [1.54, 1.807) is 0 Å². The van der Waals surface area contributed by atoms with Crippen molar-refractivity contribution in [2.24, 2.45) is 0 Å². The summed E-state index contributed by atoms with van der Waals surface area (Å²) in [5.74, 6) is 0.958. The van der Waals surface area contributed by atoms with Crippen molar-refractivity contribution in [3.8, 4) is 0 Å². The minimum Gasteiger partial charge on any atom is -0.385 e. The summed E-state index contributed by atoms with van der Waals surface area (Å²) in [6.45, 7) is 0.831. The van der Waals surface area contributed by atoms with Gasteiger partial charge in [-0.15, -0.1) is 10.2 Å². The third kappa shape index (κ3) is 2.76. The quantitative estimate of drug-likeness (QED) is 0.804. The second kappa shape index (κ2) is 5.40. The Morgan fingerprint density at radius 1 is 1.05 bits per heavy atom. The number of halogens is 1. The first kappa shape index (κ1) is 12.2. The average molecular weight is 317 g/mol. The SMILES string of the molecule is Brc1ccc2nnc(CCNc3ccccc3)n2c1. The van der Waals surface area contributed by atoms with E-state index in [0.29, 0.717) is 0 Å². The van der Waals surface area contributed by atoms with Gasteiger partial charge in [0.05, 0.1) is 0 Å². The monoisotopic (exact) mass is 316 g/mol. The van der Waals surface area contributed by atoms with E-state index in [0.717, 1.165) is 34.6 Å². The molecule has 4 nitrogen and oxygen atoms in total. The molecule has 0 bridgehead atoms. The molecule has 3 rings (SSSR count). The van der Waals surface area contributed by atoms with E-state index in [1.807, 2.05) is 40.9 Å². The van der Waals surface area contributed by atoms with Crippen LogP contribution in [0.4, 0.5) is 5.69 Å². The van der Waals surface area contributed by atoms with E-state index in [-0.39, 0.29) is 0 Å². The molecule has 0 spiro atoms. The number of anilines is 1. The van der Waals surface area contributed by atoms with Crippen molar-refractivity contribution in [2.45, 2.75) is 6.42 Å². The van der Waals surface area contributed by atoms with Gasteiger partial charge < -0.3 is 5.32 Å². The molecule has 19 heavy (non-hydrogen) atoms. The van der Waals surface area contributed by atoms with Crippen molar-refractivity contribution in [1.29, 1.82) is 0 Å². The number of para-hydroxylation sites is 1. The minimum atomic E-state index is 0.826. The molecule has 1 aromatic carbocycles. The van der Waals surface area contributed by atoms with Gasteiger partial charge in [0.15, 0.2) is 5.65 Å². The van der Waals surface area contributed by atoms with Crippen molar-refractivity contribution in [1.82, 2.24) is 14.6 Å². The van der Waals surface area contributed by atoms with Gasteiger partial charge in [-0.05, 0) is 40.2 Å². The number of benzene rings is 1. The highest BCUT2D eigenvalue weighted by molar-refractivity contribution is 9.10. The number of nitrogens with one attached hydrogen (secondary N) is 1. The highest BCUT2D eigenvalue weighted by atomic mass is 79.9. The number of pyridine rings is 1. The number of hydrogen-bond acceptors (Lipinski definition) is 3. The lowest BCUT2D eigenvalue weighted by atomic mass is 10.3. The molecule has 96 valence electrons. The molecule has 0 saturated heterocycles. The predicted octanol–water partition coefficient (Wildman–Crippen LogP) is 3.15. The molecule has 0 aliphatic carbocycles. The summed E-state index contributed by atoms with van der Waals surface area (Å²) in [6.07, 6.45) is 2.82. The van der Waals surface area contributed by atoms with Gasteiger partial charge in [0.1, 0.15) is 5.82 Å². The van der Waals surface area contributed by atoms with Crippen LogP contribution in [-0.2, 0) is 6.42 Å². The Balaban J connectivity index is 1.70. The molecule has 2 aromatic heterocycles. The van der Waals surface area contributed by atoms with E-state index in [9.17, 15) is 0 Å². The van der Waals surface area contributed by atoms with Crippen LogP contribution in [0.3, 0.4) is 0 Å². The second-order valence-electron chi connectivity index (χ2n) is 4.23. The zero-order valence-corrected chi connectivity index (χ0v) is 11.8. The second-order valence-corrected chi connectivity index (χ2v) is 5.15. The van der Waals surface area contributed by atoms with Gasteiger partial charge in [-0.1, -0.05) is 18.2 Å². The summed E-state index contributed by atoms with van der Waals surface area (Å²) in [5.41, 5.74) is 2.00. The number of aromatic nitrogens is 3. The Kier molecular flexibility index (Phi) is 3.46. The van der Waals surface area contributed by atoms with Crippen molar-refractivity contribution in [3.05, 3.63) is 59.0 Å². The van der Waals surface area contributed by atoms with Crippen LogP contribution in [0.1, 0.15) is 5.82 Å². The molecule has 0 unspecified atom stereocenters. The highest BCUT2D eigenvalue weighted by Gasteiger charge is 2.05. The molecule has 2 heterocycles. The number of hydrogen-bond donors (Lipinski definition) is 1. The molecular weight excluding hydrogens is 304 g/mol. The summed E-state index contributed by atoms with van der Waals surface area (Å²) < 4.78 is 3.04. The maximum absolute atomic E-state index is 4.22. The van der Waals surface area contributed by atoms with Crippen LogP contribution in [0.25, 0.3) is 5.65 Å². The van der Waals surface area contributed by atoms with E-state index in [2.05, 4.69) is 43.6 Å². The Labute approximate surface area is 119 Å². The Bertz CT molecular complexity index is 678. The van der Waals surface area contributed by atoms with Crippen molar-refractivity contribution in [3.63, 3.8) is 0 Å². The first-order valence-electron chi connectivity index (χ1n) is 6.11. The Morgan fingerprint density at radius 3 is 2.74 bits per heavy atom. The summed E-state index contributed by atoms with van der Waals surface area (Å²) in [7, 11) is 0. The number of nitrogens with zero attached hydrogens (tertiary/aromatic N) is 3. The van der Waals surface area contributed by atoms with E-state index < -0.39 is 0 Å². The van der Waals surface area contributed by atoms with Crippen LogP contribution in [0.15, 0.2) is 53.1 Å². The molecule has 0 saturated carbocycles. The normalized spacial score (nSPS) is 10.8. The zero-order chi connectivity index (χ0) is 13.1. The van der Waals surface area contributed by atoms with Gasteiger partial charge in [0, 0.05) is 29.3 Å². The summed E-state index contributed by atoms with van der Waals surface area (Å²) in [5, 5.41) is 11.7. The lowest BCUT2D eigenvalue weighted by Crippen LogP contribution is -2.07. The zero-order valence-electron chi connectivity index (χ0n) is 10.3. The summed E-state index contributed by atoms with van der Waals surface area (Å²) in [6, 6.07) is 14.1. The third-order valence-electron chi connectivity index (χ3n) is 2.89. The van der Waals surface area contributed by atoms with Gasteiger partial charge in [0.2, 0.25) is 0 Å². The van der Waals surface area contributed by atoms with Crippen LogP contribution in [-0.4, -0.2) is 21.1 Å². The topological polar surface area (TPSA) is 42.2 Å². The number of rotatable bonds is 4. The van der Waals surface area contributed by atoms with E-state index >= 15 is 0 Å². The molecule has 1 N–H and O–H groups in total. The van der Waals surface area contributed by atoms with Crippen LogP contribution in [0.5, 0.6) is 0 Å². The largest absolute Gasteiger partial charge is 0.385 e. The van der Waals surface area contributed by atoms with Gasteiger partial charge >= 0.3 is 0 Å². The summed E-state index contributed by atoms with van der Waals surface area (Å²) >= 11 is 3.46. The maximum Gasteiger partial charge on any atom is 0.160 e. The van der Waals surface area contributed by atoms with E-state index in [1.165, 1.54) is 0 Å². The fraction of sp³-hybridized carbons (Fsp3) is 0.143. The molecular formula is C14H13BrN4. The molecule has 0 atom stereocenters. The first-order valence-corrected chi connectivity index (χ1v) is 6.90. The summed E-state index contributed by atoms with van der Waals surface area (Å²) in [4.78, 5) is 0. The molecule has 0 amide bonds. The third-order valence-corrected chi connectivity index (χ3v) is 3.36. The highest BCUT2D eigenvalue weighted by Crippen LogP contribution is 2.12. The van der Waals surface area contributed by atoms with Crippen LogP contribution in [0, 0.1) is 0 Å². The minimum absolute atomic E-state index is 0.826. The van der Waals surface area contributed by atoms with Gasteiger partial charge in [-0.25, -0.2) is 0 Å². The van der Waals surface area contributed by atoms with Crippen molar-refractivity contribution < 1.29 is 0 Å². The lowest BCUT2D eigenvalue weighted by Gasteiger charge is -2.05. The molecule has 0 aliphatic rings. The van der Waals surface area contributed by atoms with Gasteiger partial charge in [0.25, 0.3) is 0 Å². The van der Waals surface area contributed by atoms with E-state index in [4.69, 9.17) is 0 Å². The first-order chi connectivity index (χ1) is 9.33. The fourth-order valence-electron chi connectivity index (χ4n) is 1.96. The number of fused-ring (bicyclic) bond motifs is 1. The lowest BCUT2D eigenvalue weighted by molar-refractivity contribution is 0.870. The van der Waals surface area contributed by atoms with Crippen LogP contribution in [0.2, 0.25) is 0 Å². The Hall–Kier alpha value is -1.88. The van der Waals surface area contributed by atoms with Crippen LogP contribution >= 0.6 is 15.9 Å². The van der Waals surface area contributed by atoms with Crippen molar-refractivity contribution >= 4 is 27.3 Å². The fourth-order valence-corrected chi connectivity index (χ4v) is 2.29. The smallest absolute Gasteiger partial charge is 0.160 e. The maximum atomic E-state index is 4.22. The van der Waals surface area contributed by atoms with Crippen molar-refractivity contribution in [2.75, 3.05) is 11.9 Å².